The second kappa shape index (κ2) is 5.89. The Hall–Kier alpha value is -0.120. The van der Waals surface area contributed by atoms with Crippen LogP contribution in [-0.2, 0) is 0 Å². The fourth-order valence-electron chi connectivity index (χ4n) is 3.60. The van der Waals surface area contributed by atoms with Crippen LogP contribution in [0.15, 0.2) is 0 Å². The Balaban J connectivity index is 1.85. The van der Waals surface area contributed by atoms with Crippen LogP contribution in [0.2, 0.25) is 0 Å². The maximum atomic E-state index is 3.53. The van der Waals surface area contributed by atoms with Crippen LogP contribution >= 0.6 is 0 Å². The summed E-state index contributed by atoms with van der Waals surface area (Å²) in [4.78, 5) is 5.41. The monoisotopic (exact) mass is 253 g/mol. The molecule has 0 amide bonds. The molecule has 2 aliphatic rings. The Morgan fingerprint density at radius 1 is 1.17 bits per heavy atom. The molecule has 2 saturated heterocycles. The molecule has 0 bridgehead atoms. The number of hydrogen-bond donors (Lipinski definition) is 1. The van der Waals surface area contributed by atoms with Gasteiger partial charge in [-0.15, -0.1) is 0 Å². The summed E-state index contributed by atoms with van der Waals surface area (Å²) in [5.74, 6) is 0.803. The molecule has 0 saturated carbocycles. The molecule has 2 heterocycles. The van der Waals surface area contributed by atoms with Gasteiger partial charge in [0.25, 0.3) is 0 Å². The second-order valence-corrected chi connectivity index (χ2v) is 7.11. The second-order valence-electron chi connectivity index (χ2n) is 7.11. The number of likely N-dealkylation sites (tertiary alicyclic amines) is 1. The highest BCUT2D eigenvalue weighted by atomic mass is 15.3. The Morgan fingerprint density at radius 3 is 2.39 bits per heavy atom. The van der Waals surface area contributed by atoms with E-state index in [9.17, 15) is 0 Å². The number of rotatable bonds is 3. The predicted octanol–water partition coefficient (Wildman–Crippen LogP) is 1.79. The lowest BCUT2D eigenvalue weighted by atomic mass is 9.93. The summed E-state index contributed by atoms with van der Waals surface area (Å²) in [6, 6.07) is 0.811. The first-order chi connectivity index (χ1) is 8.49. The first-order valence-electron chi connectivity index (χ1n) is 7.69. The summed E-state index contributed by atoms with van der Waals surface area (Å²) < 4.78 is 0. The summed E-state index contributed by atoms with van der Waals surface area (Å²) >= 11 is 0. The van der Waals surface area contributed by atoms with E-state index in [1.165, 1.54) is 39.0 Å². The lowest BCUT2D eigenvalue weighted by molar-refractivity contribution is 0.0124. The number of piperidine rings is 1. The average Bonchev–Trinajstić information content (AvgIpc) is 2.29. The highest BCUT2D eigenvalue weighted by Gasteiger charge is 2.35. The van der Waals surface area contributed by atoms with E-state index in [0.29, 0.717) is 5.54 Å². The van der Waals surface area contributed by atoms with Crippen molar-refractivity contribution < 1.29 is 0 Å². The third-order valence-corrected chi connectivity index (χ3v) is 4.49. The lowest BCUT2D eigenvalue weighted by Gasteiger charge is -2.49. The van der Waals surface area contributed by atoms with Gasteiger partial charge < -0.3 is 10.2 Å². The fraction of sp³-hybridized carbons (Fsp3) is 1.00. The van der Waals surface area contributed by atoms with Crippen molar-refractivity contribution in [1.29, 1.82) is 0 Å². The van der Waals surface area contributed by atoms with Crippen molar-refractivity contribution in [3.63, 3.8) is 0 Å². The third kappa shape index (κ3) is 3.46. The lowest BCUT2D eigenvalue weighted by Crippen LogP contribution is -2.62. The predicted molar refractivity (Wildman–Crippen MR) is 78.0 cm³/mol. The highest BCUT2D eigenvalue weighted by Crippen LogP contribution is 2.25. The Kier molecular flexibility index (Phi) is 4.68. The normalized spacial score (nSPS) is 27.8. The van der Waals surface area contributed by atoms with Gasteiger partial charge in [0.15, 0.2) is 0 Å². The van der Waals surface area contributed by atoms with Gasteiger partial charge in [-0.2, -0.15) is 0 Å². The zero-order valence-electron chi connectivity index (χ0n) is 12.7. The van der Waals surface area contributed by atoms with Gasteiger partial charge in [-0.1, -0.05) is 13.8 Å². The van der Waals surface area contributed by atoms with Gasteiger partial charge in [-0.25, -0.2) is 0 Å². The minimum absolute atomic E-state index is 0.336. The van der Waals surface area contributed by atoms with E-state index in [0.717, 1.165) is 25.0 Å². The zero-order valence-corrected chi connectivity index (χ0v) is 12.7. The third-order valence-electron chi connectivity index (χ3n) is 4.49. The fourth-order valence-corrected chi connectivity index (χ4v) is 3.60. The first-order valence-corrected chi connectivity index (χ1v) is 7.69. The Bertz CT molecular complexity index is 254. The average molecular weight is 253 g/mol. The van der Waals surface area contributed by atoms with Gasteiger partial charge >= 0.3 is 0 Å². The molecule has 18 heavy (non-hydrogen) atoms. The van der Waals surface area contributed by atoms with Crippen molar-refractivity contribution >= 4 is 0 Å². The molecular weight excluding hydrogens is 222 g/mol. The van der Waals surface area contributed by atoms with Crippen LogP contribution in [0.1, 0.15) is 40.5 Å². The van der Waals surface area contributed by atoms with E-state index in [-0.39, 0.29) is 0 Å². The molecular formula is C15H31N3. The summed E-state index contributed by atoms with van der Waals surface area (Å²) in [5, 5.41) is 3.53. The van der Waals surface area contributed by atoms with Crippen LogP contribution in [0.25, 0.3) is 0 Å². The van der Waals surface area contributed by atoms with Gasteiger partial charge in [0.1, 0.15) is 0 Å². The van der Waals surface area contributed by atoms with Crippen LogP contribution in [0.3, 0.4) is 0 Å². The quantitative estimate of drug-likeness (QED) is 0.827. The number of hydrogen-bond acceptors (Lipinski definition) is 3. The zero-order chi connectivity index (χ0) is 13.2. The van der Waals surface area contributed by atoms with E-state index in [4.69, 9.17) is 0 Å². The molecule has 2 fully saturated rings. The van der Waals surface area contributed by atoms with Crippen molar-refractivity contribution in [3.8, 4) is 0 Å². The molecule has 3 nitrogen and oxygen atoms in total. The van der Waals surface area contributed by atoms with Gasteiger partial charge in [-0.3, -0.25) is 4.90 Å². The standard InChI is InChI=1S/C15H31N3/c1-13(2)11-17-8-5-14(6-9-17)18-10-7-16-12-15(18,3)4/h13-14,16H,5-12H2,1-4H3. The van der Waals surface area contributed by atoms with E-state index in [1.807, 2.05) is 0 Å². The van der Waals surface area contributed by atoms with E-state index >= 15 is 0 Å². The molecule has 2 aliphatic heterocycles. The molecule has 0 unspecified atom stereocenters. The summed E-state index contributed by atoms with van der Waals surface area (Å²) in [6.45, 7) is 16.8. The number of nitrogens with zero attached hydrogens (tertiary/aromatic N) is 2. The highest BCUT2D eigenvalue weighted by molar-refractivity contribution is 4.94. The van der Waals surface area contributed by atoms with Crippen molar-refractivity contribution in [2.45, 2.75) is 52.1 Å². The maximum absolute atomic E-state index is 3.53. The van der Waals surface area contributed by atoms with Crippen molar-refractivity contribution in [2.24, 2.45) is 5.92 Å². The molecule has 0 aromatic rings. The smallest absolute Gasteiger partial charge is 0.0281 e. The molecule has 3 heteroatoms. The largest absolute Gasteiger partial charge is 0.314 e. The van der Waals surface area contributed by atoms with Crippen LogP contribution in [0, 0.1) is 5.92 Å². The van der Waals surface area contributed by atoms with Crippen molar-refractivity contribution in [3.05, 3.63) is 0 Å². The molecule has 2 rings (SSSR count). The molecule has 0 aromatic heterocycles. The van der Waals surface area contributed by atoms with Crippen LogP contribution in [0.4, 0.5) is 0 Å². The minimum atomic E-state index is 0.336. The Labute approximate surface area is 113 Å². The molecule has 0 spiro atoms. The van der Waals surface area contributed by atoms with Crippen molar-refractivity contribution in [1.82, 2.24) is 15.1 Å². The van der Waals surface area contributed by atoms with E-state index < -0.39 is 0 Å². The molecule has 1 N–H and O–H groups in total. The molecule has 106 valence electrons. The van der Waals surface area contributed by atoms with Gasteiger partial charge in [-0.05, 0) is 45.7 Å². The molecule has 0 atom stereocenters. The number of nitrogens with one attached hydrogen (secondary N) is 1. The van der Waals surface area contributed by atoms with Crippen molar-refractivity contribution in [2.75, 3.05) is 39.3 Å². The van der Waals surface area contributed by atoms with Gasteiger partial charge in [0, 0.05) is 37.8 Å². The summed E-state index contributed by atoms with van der Waals surface area (Å²) in [6.07, 6.45) is 2.71. The summed E-state index contributed by atoms with van der Waals surface area (Å²) in [5.41, 5.74) is 0.336. The van der Waals surface area contributed by atoms with Crippen LogP contribution in [0.5, 0.6) is 0 Å². The van der Waals surface area contributed by atoms with E-state index in [2.05, 4.69) is 42.8 Å². The first kappa shape index (κ1) is 14.3. The minimum Gasteiger partial charge on any atom is -0.314 e. The summed E-state index contributed by atoms with van der Waals surface area (Å²) in [7, 11) is 0. The topological polar surface area (TPSA) is 18.5 Å². The number of piperazine rings is 1. The molecule has 0 aromatic carbocycles. The van der Waals surface area contributed by atoms with Gasteiger partial charge in [0.05, 0.1) is 0 Å². The molecule has 0 aliphatic carbocycles. The Morgan fingerprint density at radius 2 is 1.83 bits per heavy atom. The SMILES string of the molecule is CC(C)CN1CCC(N2CCNCC2(C)C)CC1. The van der Waals surface area contributed by atoms with Gasteiger partial charge in [0.2, 0.25) is 0 Å². The molecule has 0 radical (unpaired) electrons. The maximum Gasteiger partial charge on any atom is 0.0281 e. The van der Waals surface area contributed by atoms with E-state index in [1.54, 1.807) is 0 Å². The van der Waals surface area contributed by atoms with Crippen LogP contribution < -0.4 is 5.32 Å². The van der Waals surface area contributed by atoms with Crippen LogP contribution in [-0.4, -0.2) is 60.6 Å².